The molecule has 0 spiro atoms. The first-order valence-electron chi connectivity index (χ1n) is 9.46. The van der Waals surface area contributed by atoms with Gasteiger partial charge in [-0.2, -0.15) is 5.10 Å². The van der Waals surface area contributed by atoms with Crippen LogP contribution in [0.1, 0.15) is 40.4 Å². The SMILES string of the molecule is Cc1ccc(-n2ncc(C(=O)N3C[C@H]4CNC[C@H]4C3)c2C2CC2)cc1Cl.Cl. The highest BCUT2D eigenvalue weighted by Gasteiger charge is 2.40. The van der Waals surface area contributed by atoms with Crippen LogP contribution in [0.3, 0.4) is 0 Å². The first kappa shape index (κ1) is 18.8. The van der Waals surface area contributed by atoms with E-state index in [1.807, 2.05) is 34.7 Å². The molecular weight excluding hydrogens is 383 g/mol. The maximum absolute atomic E-state index is 13.2. The van der Waals surface area contributed by atoms with Crippen LogP contribution >= 0.6 is 24.0 Å². The van der Waals surface area contributed by atoms with Crippen LogP contribution in [-0.2, 0) is 0 Å². The Kier molecular flexibility index (Phi) is 4.95. The predicted molar refractivity (Wildman–Crippen MR) is 108 cm³/mol. The number of carbonyl (C=O) groups is 1. The zero-order valence-electron chi connectivity index (χ0n) is 15.3. The van der Waals surface area contributed by atoms with Crippen LogP contribution in [0.25, 0.3) is 5.69 Å². The van der Waals surface area contributed by atoms with Gasteiger partial charge in [0.05, 0.1) is 23.1 Å². The number of fused-ring (bicyclic) bond motifs is 1. The summed E-state index contributed by atoms with van der Waals surface area (Å²) in [6.45, 7) is 5.78. The van der Waals surface area contributed by atoms with Gasteiger partial charge in [0.25, 0.3) is 5.91 Å². The molecular formula is C20H24Cl2N4O. The zero-order chi connectivity index (χ0) is 17.8. The largest absolute Gasteiger partial charge is 0.338 e. The van der Waals surface area contributed by atoms with E-state index < -0.39 is 0 Å². The van der Waals surface area contributed by atoms with E-state index in [-0.39, 0.29) is 18.3 Å². The van der Waals surface area contributed by atoms with E-state index in [4.69, 9.17) is 11.6 Å². The van der Waals surface area contributed by atoms with Crippen molar-refractivity contribution in [1.82, 2.24) is 20.0 Å². The number of hydrogen-bond acceptors (Lipinski definition) is 3. The Morgan fingerprint density at radius 1 is 1.22 bits per heavy atom. The van der Waals surface area contributed by atoms with Gasteiger partial charge in [-0.1, -0.05) is 17.7 Å². The minimum atomic E-state index is 0. The fourth-order valence-electron chi connectivity index (χ4n) is 4.38. The van der Waals surface area contributed by atoms with Crippen molar-refractivity contribution in [3.63, 3.8) is 0 Å². The summed E-state index contributed by atoms with van der Waals surface area (Å²) in [5.74, 6) is 1.79. The molecule has 5 nitrogen and oxygen atoms in total. The van der Waals surface area contributed by atoms with Crippen molar-refractivity contribution in [3.8, 4) is 5.69 Å². The molecule has 27 heavy (non-hydrogen) atoms. The molecule has 0 bridgehead atoms. The Morgan fingerprint density at radius 3 is 2.56 bits per heavy atom. The molecule has 3 aliphatic rings. The van der Waals surface area contributed by atoms with Gasteiger partial charge in [-0.15, -0.1) is 12.4 Å². The fraction of sp³-hybridized carbons (Fsp3) is 0.500. The number of halogens is 2. The molecule has 1 aliphatic carbocycles. The first-order valence-corrected chi connectivity index (χ1v) is 9.84. The number of nitrogens with one attached hydrogen (secondary N) is 1. The zero-order valence-corrected chi connectivity index (χ0v) is 16.9. The third-order valence-electron chi connectivity index (χ3n) is 6.08. The number of benzene rings is 1. The van der Waals surface area contributed by atoms with Crippen molar-refractivity contribution in [2.75, 3.05) is 26.2 Å². The molecule has 1 N–H and O–H groups in total. The molecule has 0 radical (unpaired) electrons. The van der Waals surface area contributed by atoms with Crippen LogP contribution in [-0.4, -0.2) is 46.8 Å². The number of likely N-dealkylation sites (tertiary alicyclic amines) is 1. The van der Waals surface area contributed by atoms with Crippen LogP contribution in [0.4, 0.5) is 0 Å². The molecule has 1 aromatic heterocycles. The van der Waals surface area contributed by atoms with Gasteiger partial charge in [-0.25, -0.2) is 4.68 Å². The van der Waals surface area contributed by atoms with Gasteiger partial charge < -0.3 is 10.2 Å². The molecule has 2 saturated heterocycles. The van der Waals surface area contributed by atoms with E-state index in [1.165, 1.54) is 0 Å². The first-order chi connectivity index (χ1) is 12.6. The Morgan fingerprint density at radius 2 is 1.93 bits per heavy atom. The number of aromatic nitrogens is 2. The molecule has 144 valence electrons. The second-order valence-electron chi connectivity index (χ2n) is 7.95. The molecule has 7 heteroatoms. The highest BCUT2D eigenvalue weighted by molar-refractivity contribution is 6.31. The Bertz CT molecular complexity index is 865. The summed E-state index contributed by atoms with van der Waals surface area (Å²) in [7, 11) is 0. The van der Waals surface area contributed by atoms with Gasteiger partial charge >= 0.3 is 0 Å². The summed E-state index contributed by atoms with van der Waals surface area (Å²) < 4.78 is 1.93. The molecule has 1 aromatic carbocycles. The summed E-state index contributed by atoms with van der Waals surface area (Å²) in [5, 5.41) is 8.74. The van der Waals surface area contributed by atoms with E-state index in [2.05, 4.69) is 10.4 Å². The van der Waals surface area contributed by atoms with Crippen molar-refractivity contribution in [1.29, 1.82) is 0 Å². The van der Waals surface area contributed by atoms with Gasteiger partial charge in [-0.05, 0) is 49.3 Å². The molecule has 2 aliphatic heterocycles. The standard InChI is InChI=1S/C20H23ClN4O.ClH/c1-12-2-5-16(6-18(12)21)25-19(13-3-4-13)17(9-23-25)20(26)24-10-14-7-22-8-15(14)11-24;/h2,5-6,9,13-15,22H,3-4,7-8,10-11H2,1H3;1H/t14-,15+;. The number of nitrogens with zero attached hydrogens (tertiary/aromatic N) is 3. The lowest BCUT2D eigenvalue weighted by Crippen LogP contribution is -2.32. The van der Waals surface area contributed by atoms with Gasteiger partial charge in [0.1, 0.15) is 0 Å². The number of rotatable bonds is 3. The highest BCUT2D eigenvalue weighted by Crippen LogP contribution is 2.43. The lowest BCUT2D eigenvalue weighted by Gasteiger charge is -2.18. The molecule has 1 saturated carbocycles. The van der Waals surface area contributed by atoms with Crippen molar-refractivity contribution in [2.45, 2.75) is 25.7 Å². The normalized spacial score (nSPS) is 24.0. The third kappa shape index (κ3) is 3.26. The summed E-state index contributed by atoms with van der Waals surface area (Å²) >= 11 is 6.32. The molecule has 2 aromatic rings. The van der Waals surface area contributed by atoms with Crippen LogP contribution in [0, 0.1) is 18.8 Å². The number of aryl methyl sites for hydroxylation is 1. The second kappa shape index (κ2) is 7.12. The summed E-state index contributed by atoms with van der Waals surface area (Å²) in [6, 6.07) is 5.97. The monoisotopic (exact) mass is 406 g/mol. The Hall–Kier alpha value is -1.56. The van der Waals surface area contributed by atoms with Crippen molar-refractivity contribution in [3.05, 3.63) is 46.2 Å². The molecule has 3 fully saturated rings. The topological polar surface area (TPSA) is 50.2 Å². The fourth-order valence-corrected chi connectivity index (χ4v) is 4.56. The Labute approximate surface area is 170 Å². The van der Waals surface area contributed by atoms with Gasteiger partial charge in [0.2, 0.25) is 0 Å². The molecule has 5 rings (SSSR count). The van der Waals surface area contributed by atoms with Crippen LogP contribution < -0.4 is 5.32 Å². The van der Waals surface area contributed by atoms with Crippen molar-refractivity contribution >= 4 is 29.9 Å². The van der Waals surface area contributed by atoms with E-state index in [9.17, 15) is 4.79 Å². The molecule has 1 amide bonds. The van der Waals surface area contributed by atoms with E-state index in [0.717, 1.165) is 66.6 Å². The average Bonchev–Trinajstić information content (AvgIpc) is 3.05. The minimum absolute atomic E-state index is 0. The highest BCUT2D eigenvalue weighted by atomic mass is 35.5. The number of carbonyl (C=O) groups excluding carboxylic acids is 1. The van der Waals surface area contributed by atoms with Gasteiger partial charge in [-0.3, -0.25) is 4.79 Å². The van der Waals surface area contributed by atoms with Crippen molar-refractivity contribution in [2.24, 2.45) is 11.8 Å². The van der Waals surface area contributed by atoms with Gasteiger partial charge in [0, 0.05) is 37.1 Å². The van der Waals surface area contributed by atoms with Gasteiger partial charge in [0.15, 0.2) is 0 Å². The number of amides is 1. The second-order valence-corrected chi connectivity index (χ2v) is 8.36. The van der Waals surface area contributed by atoms with E-state index in [1.54, 1.807) is 6.20 Å². The smallest absolute Gasteiger partial charge is 0.257 e. The predicted octanol–water partition coefficient (Wildman–Crippen LogP) is 3.42. The molecule has 0 unspecified atom stereocenters. The van der Waals surface area contributed by atoms with Crippen molar-refractivity contribution < 1.29 is 4.79 Å². The third-order valence-corrected chi connectivity index (χ3v) is 6.48. The van der Waals surface area contributed by atoms with Crippen LogP contribution in [0.5, 0.6) is 0 Å². The minimum Gasteiger partial charge on any atom is -0.338 e. The Balaban J connectivity index is 0.00000180. The lowest BCUT2D eigenvalue weighted by atomic mass is 10.0. The van der Waals surface area contributed by atoms with E-state index in [0.29, 0.717) is 17.8 Å². The van der Waals surface area contributed by atoms with Crippen LogP contribution in [0.2, 0.25) is 5.02 Å². The van der Waals surface area contributed by atoms with Crippen LogP contribution in [0.15, 0.2) is 24.4 Å². The maximum Gasteiger partial charge on any atom is 0.257 e. The maximum atomic E-state index is 13.2. The number of hydrogen-bond donors (Lipinski definition) is 1. The van der Waals surface area contributed by atoms with E-state index >= 15 is 0 Å². The quantitative estimate of drug-likeness (QED) is 0.849. The summed E-state index contributed by atoms with van der Waals surface area (Å²) in [4.78, 5) is 15.3. The molecule has 2 atom stereocenters. The summed E-state index contributed by atoms with van der Waals surface area (Å²) in [5.41, 5.74) is 3.82. The summed E-state index contributed by atoms with van der Waals surface area (Å²) in [6.07, 6.45) is 4.01. The average molecular weight is 407 g/mol. The molecule has 3 heterocycles. The lowest BCUT2D eigenvalue weighted by molar-refractivity contribution is 0.0780.